The van der Waals surface area contributed by atoms with E-state index in [1.54, 1.807) is 25.3 Å². The van der Waals surface area contributed by atoms with Crippen LogP contribution >= 0.6 is 0 Å². The van der Waals surface area contributed by atoms with E-state index in [-0.39, 0.29) is 17.3 Å². The lowest BCUT2D eigenvalue weighted by molar-refractivity contribution is 0.128. The zero-order valence-electron chi connectivity index (χ0n) is 13.4. The van der Waals surface area contributed by atoms with Crippen LogP contribution in [0.4, 0.5) is 4.39 Å². The molecule has 0 saturated heterocycles. The first kappa shape index (κ1) is 16.6. The number of aromatic nitrogens is 2. The predicted molar refractivity (Wildman–Crippen MR) is 85.8 cm³/mol. The van der Waals surface area contributed by atoms with Crippen LogP contribution in [0.5, 0.6) is 0 Å². The van der Waals surface area contributed by atoms with Gasteiger partial charge in [-0.05, 0) is 30.9 Å². The van der Waals surface area contributed by atoms with Gasteiger partial charge in [0.15, 0.2) is 0 Å². The first-order valence-electron chi connectivity index (χ1n) is 7.55. The Bertz CT molecular complexity index is 607. The molecule has 1 aromatic heterocycles. The lowest BCUT2D eigenvalue weighted by atomic mass is 9.87. The van der Waals surface area contributed by atoms with Crippen molar-refractivity contribution in [2.24, 2.45) is 5.41 Å². The van der Waals surface area contributed by atoms with E-state index in [0.717, 1.165) is 18.5 Å². The third kappa shape index (κ3) is 4.39. The van der Waals surface area contributed by atoms with Crippen molar-refractivity contribution in [1.82, 2.24) is 15.5 Å². The van der Waals surface area contributed by atoms with Crippen molar-refractivity contribution in [3.05, 3.63) is 41.8 Å². The molecular weight excluding hydrogens is 281 g/mol. The first-order valence-corrected chi connectivity index (χ1v) is 7.55. The summed E-state index contributed by atoms with van der Waals surface area (Å²) in [5.41, 5.74) is 2.16. The molecule has 0 bridgehead atoms. The smallest absolute Gasteiger partial charge is 0.132 e. The van der Waals surface area contributed by atoms with Gasteiger partial charge in [0.25, 0.3) is 0 Å². The Hall–Kier alpha value is -1.72. The molecule has 5 heteroatoms. The van der Waals surface area contributed by atoms with Gasteiger partial charge in [-0.3, -0.25) is 5.10 Å². The molecule has 0 aliphatic rings. The zero-order chi connectivity index (χ0) is 16.2. The number of H-pyrrole nitrogens is 1. The van der Waals surface area contributed by atoms with Gasteiger partial charge in [0.1, 0.15) is 5.82 Å². The number of aliphatic hydroxyl groups excluding tert-OH is 1. The highest BCUT2D eigenvalue weighted by Crippen LogP contribution is 2.25. The fourth-order valence-corrected chi connectivity index (χ4v) is 2.75. The Kier molecular flexibility index (Phi) is 5.32. The Morgan fingerprint density at radius 2 is 2.09 bits per heavy atom. The number of rotatable bonds is 7. The Balaban J connectivity index is 2.01. The molecule has 0 aliphatic carbocycles. The second-order valence-corrected chi connectivity index (χ2v) is 6.57. The van der Waals surface area contributed by atoms with Crippen LogP contribution in [0.3, 0.4) is 0 Å². The average Bonchev–Trinajstić information content (AvgIpc) is 2.85. The summed E-state index contributed by atoms with van der Waals surface area (Å²) >= 11 is 0. The second-order valence-electron chi connectivity index (χ2n) is 6.57. The third-order valence-electron chi connectivity index (χ3n) is 3.63. The predicted octanol–water partition coefficient (Wildman–Crippen LogP) is 3.10. The van der Waals surface area contributed by atoms with Crippen molar-refractivity contribution in [2.45, 2.75) is 39.8 Å². The summed E-state index contributed by atoms with van der Waals surface area (Å²) in [7, 11) is 0. The maximum absolute atomic E-state index is 13.9. The van der Waals surface area contributed by atoms with E-state index >= 15 is 0 Å². The number of hydrogen-bond donors (Lipinski definition) is 3. The summed E-state index contributed by atoms with van der Waals surface area (Å²) in [6.07, 6.45) is 2.13. The summed E-state index contributed by atoms with van der Waals surface area (Å²) in [5, 5.41) is 19.8. The summed E-state index contributed by atoms with van der Waals surface area (Å²) in [5.74, 6) is -0.262. The van der Waals surface area contributed by atoms with Crippen LogP contribution in [0.25, 0.3) is 11.3 Å². The Morgan fingerprint density at radius 1 is 1.36 bits per heavy atom. The van der Waals surface area contributed by atoms with Crippen molar-refractivity contribution >= 4 is 0 Å². The molecule has 1 heterocycles. The minimum absolute atomic E-state index is 0.00391. The van der Waals surface area contributed by atoms with Crippen molar-refractivity contribution < 1.29 is 9.50 Å². The molecule has 22 heavy (non-hydrogen) atoms. The van der Waals surface area contributed by atoms with Gasteiger partial charge in [-0.1, -0.05) is 26.0 Å². The fraction of sp³-hybridized carbons (Fsp3) is 0.471. The fourth-order valence-electron chi connectivity index (χ4n) is 2.75. The number of benzene rings is 1. The van der Waals surface area contributed by atoms with Crippen LogP contribution in [-0.4, -0.2) is 28.0 Å². The van der Waals surface area contributed by atoms with Crippen LogP contribution in [0.1, 0.15) is 32.8 Å². The highest BCUT2D eigenvalue weighted by atomic mass is 19.1. The van der Waals surface area contributed by atoms with Gasteiger partial charge < -0.3 is 10.4 Å². The Morgan fingerprint density at radius 3 is 2.77 bits per heavy atom. The molecule has 0 spiro atoms. The monoisotopic (exact) mass is 305 g/mol. The first-order chi connectivity index (χ1) is 10.4. The molecule has 4 nitrogen and oxygen atoms in total. The van der Waals surface area contributed by atoms with E-state index in [1.807, 2.05) is 6.07 Å². The normalized spacial score (nSPS) is 13.3. The van der Waals surface area contributed by atoms with Crippen LogP contribution in [0, 0.1) is 11.2 Å². The van der Waals surface area contributed by atoms with Gasteiger partial charge in [0, 0.05) is 24.2 Å². The molecule has 3 N–H and O–H groups in total. The minimum Gasteiger partial charge on any atom is -0.393 e. The lowest BCUT2D eigenvalue weighted by Gasteiger charge is -2.26. The minimum atomic E-state index is -0.320. The van der Waals surface area contributed by atoms with Crippen LogP contribution in [0.15, 0.2) is 30.5 Å². The van der Waals surface area contributed by atoms with E-state index in [2.05, 4.69) is 29.4 Å². The van der Waals surface area contributed by atoms with Crippen molar-refractivity contribution in [1.29, 1.82) is 0 Å². The quantitative estimate of drug-likeness (QED) is 0.736. The molecule has 0 radical (unpaired) electrons. The van der Waals surface area contributed by atoms with Gasteiger partial charge in [0.05, 0.1) is 18.0 Å². The number of nitrogens with one attached hydrogen (secondary N) is 2. The summed E-state index contributed by atoms with van der Waals surface area (Å²) < 4.78 is 13.9. The van der Waals surface area contributed by atoms with Gasteiger partial charge in [0.2, 0.25) is 0 Å². The molecule has 0 amide bonds. The van der Waals surface area contributed by atoms with Crippen molar-refractivity contribution in [3.63, 3.8) is 0 Å². The van der Waals surface area contributed by atoms with Crippen LogP contribution < -0.4 is 5.32 Å². The molecule has 1 aromatic carbocycles. The molecule has 1 unspecified atom stereocenters. The largest absolute Gasteiger partial charge is 0.393 e. The van der Waals surface area contributed by atoms with Crippen LogP contribution in [-0.2, 0) is 6.54 Å². The number of hydrogen-bond acceptors (Lipinski definition) is 3. The number of halogens is 1. The molecule has 2 rings (SSSR count). The highest BCUT2D eigenvalue weighted by molar-refractivity contribution is 5.63. The van der Waals surface area contributed by atoms with Gasteiger partial charge in [-0.2, -0.15) is 5.10 Å². The molecule has 2 aromatic rings. The highest BCUT2D eigenvalue weighted by Gasteiger charge is 2.20. The van der Waals surface area contributed by atoms with E-state index in [4.69, 9.17) is 0 Å². The molecule has 120 valence electrons. The van der Waals surface area contributed by atoms with Crippen LogP contribution in [0.2, 0.25) is 0 Å². The lowest BCUT2D eigenvalue weighted by Crippen LogP contribution is -2.31. The summed E-state index contributed by atoms with van der Waals surface area (Å²) in [4.78, 5) is 0. The summed E-state index contributed by atoms with van der Waals surface area (Å²) in [6, 6.07) is 6.66. The Labute approximate surface area is 130 Å². The molecular formula is C17H24FN3O. The van der Waals surface area contributed by atoms with E-state index in [1.165, 1.54) is 6.07 Å². The van der Waals surface area contributed by atoms with E-state index < -0.39 is 0 Å². The van der Waals surface area contributed by atoms with Gasteiger partial charge >= 0.3 is 0 Å². The number of aromatic amines is 1. The zero-order valence-corrected chi connectivity index (χ0v) is 13.4. The van der Waals surface area contributed by atoms with E-state index in [0.29, 0.717) is 17.8 Å². The maximum atomic E-state index is 13.9. The average molecular weight is 305 g/mol. The van der Waals surface area contributed by atoms with Gasteiger partial charge in [-0.15, -0.1) is 0 Å². The second kappa shape index (κ2) is 7.03. The molecule has 0 aliphatic heterocycles. The molecule has 1 atom stereocenters. The molecule has 0 saturated carbocycles. The summed E-state index contributed by atoms with van der Waals surface area (Å²) in [6.45, 7) is 7.39. The SMILES string of the molecule is CC(O)CC(C)(C)CNCc1cn[nH]c1-c1ccccc1F. The van der Waals surface area contributed by atoms with E-state index in [9.17, 15) is 9.50 Å². The number of aliphatic hydroxyl groups is 1. The van der Waals surface area contributed by atoms with Crippen molar-refractivity contribution in [3.8, 4) is 11.3 Å². The molecule has 0 fully saturated rings. The van der Waals surface area contributed by atoms with Gasteiger partial charge in [-0.25, -0.2) is 4.39 Å². The topological polar surface area (TPSA) is 60.9 Å². The standard InChI is InChI=1S/C17H24FN3O/c1-12(22)8-17(2,3)11-19-9-13-10-20-21-16(13)14-6-4-5-7-15(14)18/h4-7,10,12,19,22H,8-9,11H2,1-3H3,(H,20,21). The third-order valence-corrected chi connectivity index (χ3v) is 3.63. The number of nitrogens with zero attached hydrogens (tertiary/aromatic N) is 1. The van der Waals surface area contributed by atoms with Crippen molar-refractivity contribution in [2.75, 3.05) is 6.54 Å². The maximum Gasteiger partial charge on any atom is 0.132 e.